The van der Waals surface area contributed by atoms with Gasteiger partial charge in [0.05, 0.1) is 17.6 Å². The molecular weight excluding hydrogens is 317 g/mol. The minimum Gasteiger partial charge on any atom is -0.494 e. The van der Waals surface area contributed by atoms with Crippen molar-refractivity contribution in [2.45, 2.75) is 23.8 Å². The van der Waals surface area contributed by atoms with Gasteiger partial charge in [-0.25, -0.2) is 17.5 Å². The summed E-state index contributed by atoms with van der Waals surface area (Å²) < 4.78 is 44.7. The maximum atomic E-state index is 13.6. The molecule has 0 amide bonds. The molecule has 0 aliphatic rings. The second kappa shape index (κ2) is 7.44. The van der Waals surface area contributed by atoms with E-state index < -0.39 is 21.4 Å². The second-order valence-electron chi connectivity index (χ2n) is 4.86. The number of rotatable bonds is 8. The highest BCUT2D eigenvalue weighted by Crippen LogP contribution is 2.21. The van der Waals surface area contributed by atoms with Gasteiger partial charge in [-0.15, -0.1) is 0 Å². The van der Waals surface area contributed by atoms with Crippen LogP contribution >= 0.6 is 11.8 Å². The topological polar surface area (TPSA) is 75.6 Å². The van der Waals surface area contributed by atoms with Gasteiger partial charge in [0.25, 0.3) is 0 Å². The van der Waals surface area contributed by atoms with Gasteiger partial charge < -0.3 is 9.84 Å². The van der Waals surface area contributed by atoms with Crippen molar-refractivity contribution in [1.29, 1.82) is 0 Å². The van der Waals surface area contributed by atoms with Crippen LogP contribution in [0.15, 0.2) is 23.1 Å². The summed E-state index contributed by atoms with van der Waals surface area (Å²) in [7, 11) is -2.58. The van der Waals surface area contributed by atoms with Gasteiger partial charge in [0.1, 0.15) is 0 Å². The fourth-order valence-corrected chi connectivity index (χ4v) is 3.38. The number of sulfonamides is 1. The summed E-state index contributed by atoms with van der Waals surface area (Å²) in [6.07, 6.45) is 2.36. The molecule has 1 aromatic rings. The molecule has 0 aliphatic carbocycles. The van der Waals surface area contributed by atoms with E-state index in [4.69, 9.17) is 4.74 Å². The number of benzene rings is 1. The zero-order valence-electron chi connectivity index (χ0n) is 12.2. The molecule has 21 heavy (non-hydrogen) atoms. The van der Waals surface area contributed by atoms with Crippen LogP contribution in [0, 0.1) is 5.82 Å². The van der Waals surface area contributed by atoms with E-state index in [0.717, 1.165) is 6.07 Å². The molecule has 0 heterocycles. The van der Waals surface area contributed by atoms with Crippen LogP contribution in [-0.4, -0.2) is 44.8 Å². The molecule has 0 radical (unpaired) electrons. The Kier molecular flexibility index (Phi) is 6.45. The van der Waals surface area contributed by atoms with Gasteiger partial charge in [0, 0.05) is 6.54 Å². The molecule has 0 aromatic heterocycles. The number of nitrogens with one attached hydrogen (secondary N) is 1. The van der Waals surface area contributed by atoms with Crippen molar-refractivity contribution in [2.24, 2.45) is 0 Å². The summed E-state index contributed by atoms with van der Waals surface area (Å²) in [5.41, 5.74) is -1.15. The zero-order chi connectivity index (χ0) is 16.1. The monoisotopic (exact) mass is 337 g/mol. The number of thioether (sulfide) groups is 1. The molecule has 8 heteroatoms. The molecule has 1 rings (SSSR count). The van der Waals surface area contributed by atoms with Crippen LogP contribution in [0.5, 0.6) is 5.75 Å². The van der Waals surface area contributed by atoms with Crippen molar-refractivity contribution in [2.75, 3.05) is 25.7 Å². The molecule has 0 saturated carbocycles. The van der Waals surface area contributed by atoms with Crippen LogP contribution in [0.4, 0.5) is 4.39 Å². The number of methoxy groups -OCH3 is 1. The third-order valence-corrected chi connectivity index (χ3v) is 4.93. The van der Waals surface area contributed by atoms with Crippen LogP contribution in [0.25, 0.3) is 0 Å². The predicted octanol–water partition coefficient (Wildman–Crippen LogP) is 1.62. The van der Waals surface area contributed by atoms with Crippen LogP contribution in [0.2, 0.25) is 0 Å². The minimum atomic E-state index is -3.88. The highest BCUT2D eigenvalue weighted by molar-refractivity contribution is 7.98. The van der Waals surface area contributed by atoms with E-state index in [1.807, 2.05) is 6.26 Å². The van der Waals surface area contributed by atoms with Gasteiger partial charge in [-0.2, -0.15) is 11.8 Å². The van der Waals surface area contributed by atoms with Crippen molar-refractivity contribution in [3.63, 3.8) is 0 Å². The van der Waals surface area contributed by atoms with Gasteiger partial charge in [0.2, 0.25) is 10.0 Å². The summed E-state index contributed by atoms with van der Waals surface area (Å²) >= 11 is 1.56. The predicted molar refractivity (Wildman–Crippen MR) is 81.8 cm³/mol. The highest BCUT2D eigenvalue weighted by Gasteiger charge is 2.24. The number of hydrogen-bond donors (Lipinski definition) is 2. The molecule has 120 valence electrons. The van der Waals surface area contributed by atoms with Crippen LogP contribution in [0.1, 0.15) is 13.3 Å². The van der Waals surface area contributed by atoms with E-state index in [2.05, 4.69) is 4.72 Å². The molecule has 5 nitrogen and oxygen atoms in total. The summed E-state index contributed by atoms with van der Waals surface area (Å²) in [5, 5.41) is 10.1. The SMILES string of the molecule is COc1ccc(S(=O)(=O)NC[C@@](C)(O)CCSC)cc1F. The third kappa shape index (κ3) is 5.46. The Morgan fingerprint density at radius 1 is 1.48 bits per heavy atom. The molecule has 1 atom stereocenters. The quantitative estimate of drug-likeness (QED) is 0.754. The normalized spacial score (nSPS) is 14.7. The van der Waals surface area contributed by atoms with Gasteiger partial charge in [0.15, 0.2) is 11.6 Å². The second-order valence-corrected chi connectivity index (χ2v) is 7.61. The van der Waals surface area contributed by atoms with E-state index in [0.29, 0.717) is 12.2 Å². The van der Waals surface area contributed by atoms with E-state index >= 15 is 0 Å². The molecule has 0 spiro atoms. The first-order valence-electron chi connectivity index (χ1n) is 6.26. The fraction of sp³-hybridized carbons (Fsp3) is 0.538. The minimum absolute atomic E-state index is 0.0269. The van der Waals surface area contributed by atoms with Crippen LogP contribution < -0.4 is 9.46 Å². The summed E-state index contributed by atoms with van der Waals surface area (Å²) in [5.74, 6) is -0.0678. The first kappa shape index (κ1) is 18.2. The molecule has 0 unspecified atom stereocenters. The first-order valence-corrected chi connectivity index (χ1v) is 9.14. The lowest BCUT2D eigenvalue weighted by Crippen LogP contribution is -2.41. The van der Waals surface area contributed by atoms with Crippen LogP contribution in [-0.2, 0) is 10.0 Å². The standard InChI is InChI=1S/C13H20FNO4S2/c1-13(16,6-7-20-3)9-15-21(17,18)10-4-5-12(19-2)11(14)8-10/h4-5,8,15-16H,6-7,9H2,1-3H3/t13-/m0/s1. The van der Waals surface area contributed by atoms with Gasteiger partial charge in [-0.3, -0.25) is 0 Å². The Balaban J connectivity index is 2.80. The Morgan fingerprint density at radius 2 is 2.14 bits per heavy atom. The Labute approximate surface area is 128 Å². The van der Waals surface area contributed by atoms with Crippen molar-refractivity contribution in [1.82, 2.24) is 4.72 Å². The number of ether oxygens (including phenoxy) is 1. The Bertz CT molecular complexity index is 576. The van der Waals surface area contributed by atoms with Gasteiger partial charge in [-0.05, 0) is 43.6 Å². The molecule has 0 fully saturated rings. The zero-order valence-corrected chi connectivity index (χ0v) is 13.9. The smallest absolute Gasteiger partial charge is 0.240 e. The fourth-order valence-electron chi connectivity index (χ4n) is 1.56. The van der Waals surface area contributed by atoms with Crippen molar-refractivity contribution in [3.05, 3.63) is 24.0 Å². The maximum absolute atomic E-state index is 13.6. The van der Waals surface area contributed by atoms with Crippen molar-refractivity contribution < 1.29 is 22.7 Å². The average molecular weight is 337 g/mol. The number of aliphatic hydroxyl groups is 1. The maximum Gasteiger partial charge on any atom is 0.240 e. The molecule has 1 aromatic carbocycles. The molecular formula is C13H20FNO4S2. The van der Waals surface area contributed by atoms with Crippen molar-refractivity contribution in [3.8, 4) is 5.75 Å². The Hall–Kier alpha value is -0.830. The van der Waals surface area contributed by atoms with Gasteiger partial charge >= 0.3 is 0 Å². The van der Waals surface area contributed by atoms with E-state index in [1.54, 1.807) is 18.7 Å². The largest absolute Gasteiger partial charge is 0.494 e. The first-order chi connectivity index (χ1) is 9.72. The lowest BCUT2D eigenvalue weighted by molar-refractivity contribution is 0.0626. The molecule has 0 aliphatic heterocycles. The average Bonchev–Trinajstić information content (AvgIpc) is 2.43. The van der Waals surface area contributed by atoms with Crippen molar-refractivity contribution >= 4 is 21.8 Å². The summed E-state index contributed by atoms with van der Waals surface area (Å²) in [6, 6.07) is 3.38. The molecule has 0 saturated heterocycles. The van der Waals surface area contributed by atoms with E-state index in [9.17, 15) is 17.9 Å². The Morgan fingerprint density at radius 3 is 2.67 bits per heavy atom. The summed E-state index contributed by atoms with van der Waals surface area (Å²) in [6.45, 7) is 1.42. The third-order valence-electron chi connectivity index (χ3n) is 2.92. The molecule has 2 N–H and O–H groups in total. The van der Waals surface area contributed by atoms with Gasteiger partial charge in [-0.1, -0.05) is 0 Å². The molecule has 0 bridgehead atoms. The lowest BCUT2D eigenvalue weighted by atomic mass is 10.1. The highest BCUT2D eigenvalue weighted by atomic mass is 32.2. The van der Waals surface area contributed by atoms with Crippen LogP contribution in [0.3, 0.4) is 0 Å². The number of hydrogen-bond acceptors (Lipinski definition) is 5. The lowest BCUT2D eigenvalue weighted by Gasteiger charge is -2.23. The van der Waals surface area contributed by atoms with E-state index in [1.165, 1.54) is 19.2 Å². The summed E-state index contributed by atoms with van der Waals surface area (Å²) in [4.78, 5) is -0.207. The number of halogens is 1. The van der Waals surface area contributed by atoms with E-state index in [-0.39, 0.29) is 17.2 Å².